The molecule has 0 bridgehead atoms. The number of piperidine rings is 1. The van der Waals surface area contributed by atoms with E-state index < -0.39 is 10.8 Å². The molecule has 1 fully saturated rings. The molecule has 1 atom stereocenters. The maximum Gasteiger partial charge on any atom is 0.274 e. The highest BCUT2D eigenvalue weighted by Gasteiger charge is 2.24. The van der Waals surface area contributed by atoms with Gasteiger partial charge in [0.2, 0.25) is 5.91 Å². The molecule has 1 aromatic rings. The van der Waals surface area contributed by atoms with E-state index in [4.69, 9.17) is 11.5 Å². The van der Waals surface area contributed by atoms with Crippen LogP contribution in [0.4, 0.5) is 5.69 Å². The van der Waals surface area contributed by atoms with Gasteiger partial charge in [-0.25, -0.2) is 0 Å². The van der Waals surface area contributed by atoms with E-state index in [1.54, 1.807) is 12.1 Å². The first-order valence-corrected chi connectivity index (χ1v) is 7.43. The minimum Gasteiger partial charge on any atom is -0.366 e. The summed E-state index contributed by atoms with van der Waals surface area (Å²) in [5.74, 6) is -0.143. The zero-order valence-electron chi connectivity index (χ0n) is 12.7. The van der Waals surface area contributed by atoms with Crippen molar-refractivity contribution in [3.63, 3.8) is 0 Å². The number of likely N-dealkylation sites (tertiary alicyclic amines) is 1. The van der Waals surface area contributed by atoms with Crippen molar-refractivity contribution in [2.24, 2.45) is 17.4 Å². The second kappa shape index (κ2) is 6.85. The normalized spacial score (nSPS) is 18.1. The third-order valence-electron chi connectivity index (χ3n) is 4.34. The van der Waals surface area contributed by atoms with Crippen LogP contribution < -0.4 is 11.5 Å². The summed E-state index contributed by atoms with van der Waals surface area (Å²) in [4.78, 5) is 24.1. The Morgan fingerprint density at radius 2 is 2.09 bits per heavy atom. The van der Waals surface area contributed by atoms with Crippen LogP contribution in [0.15, 0.2) is 18.2 Å². The van der Waals surface area contributed by atoms with Crippen LogP contribution in [0.5, 0.6) is 0 Å². The van der Waals surface area contributed by atoms with Crippen molar-refractivity contribution in [1.82, 2.24) is 4.90 Å². The number of primary amides is 1. The number of carbonyl (C=O) groups excluding carboxylic acids is 1. The molecule has 7 heteroatoms. The van der Waals surface area contributed by atoms with Gasteiger partial charge in [-0.3, -0.25) is 19.8 Å². The van der Waals surface area contributed by atoms with Crippen molar-refractivity contribution in [3.8, 4) is 0 Å². The standard InChI is InChI=1S/C15H22N4O3/c1-10(16)11-4-6-18(7-5-11)9-13-3-2-12(15(17)20)8-14(13)19(21)22/h2-3,8,10-11H,4-7,9,16H2,1H3,(H2,17,20). The number of nitrogens with zero attached hydrogens (tertiary/aromatic N) is 2. The van der Waals surface area contributed by atoms with E-state index >= 15 is 0 Å². The first-order valence-electron chi connectivity index (χ1n) is 7.43. The molecule has 0 saturated carbocycles. The van der Waals surface area contributed by atoms with Gasteiger partial charge >= 0.3 is 0 Å². The molecule has 1 aliphatic rings. The molecule has 0 aromatic heterocycles. The van der Waals surface area contributed by atoms with E-state index in [0.29, 0.717) is 18.0 Å². The van der Waals surface area contributed by atoms with Crippen LogP contribution in [0, 0.1) is 16.0 Å². The van der Waals surface area contributed by atoms with E-state index in [9.17, 15) is 14.9 Å². The summed E-state index contributed by atoms with van der Waals surface area (Å²) in [6.07, 6.45) is 2.01. The fourth-order valence-corrected chi connectivity index (χ4v) is 2.90. The Hall–Kier alpha value is -1.99. The maximum atomic E-state index is 11.2. The number of amides is 1. The Bertz CT molecular complexity index is 566. The molecule has 1 heterocycles. The Morgan fingerprint density at radius 3 is 2.59 bits per heavy atom. The van der Waals surface area contributed by atoms with E-state index in [-0.39, 0.29) is 17.3 Å². The predicted octanol–water partition coefficient (Wildman–Crippen LogP) is 1.25. The molecule has 120 valence electrons. The summed E-state index contributed by atoms with van der Waals surface area (Å²) < 4.78 is 0. The minimum absolute atomic E-state index is 0.0504. The van der Waals surface area contributed by atoms with Gasteiger partial charge in [0.15, 0.2) is 0 Å². The molecule has 1 amide bonds. The van der Waals surface area contributed by atoms with Crippen LogP contribution in [-0.4, -0.2) is 34.9 Å². The number of hydrogen-bond acceptors (Lipinski definition) is 5. The number of nitrogens with two attached hydrogens (primary N) is 2. The van der Waals surface area contributed by atoms with E-state index in [1.807, 2.05) is 6.92 Å². The number of benzene rings is 1. The van der Waals surface area contributed by atoms with Crippen LogP contribution in [0.3, 0.4) is 0 Å². The largest absolute Gasteiger partial charge is 0.366 e. The molecule has 1 saturated heterocycles. The van der Waals surface area contributed by atoms with Crippen LogP contribution in [0.1, 0.15) is 35.7 Å². The lowest BCUT2D eigenvalue weighted by Gasteiger charge is -2.33. The first-order chi connectivity index (χ1) is 10.4. The molecule has 4 N–H and O–H groups in total. The fourth-order valence-electron chi connectivity index (χ4n) is 2.90. The van der Waals surface area contributed by atoms with Crippen molar-refractivity contribution in [3.05, 3.63) is 39.4 Å². The van der Waals surface area contributed by atoms with Gasteiger partial charge in [-0.2, -0.15) is 0 Å². The molecule has 0 spiro atoms. The number of carbonyl (C=O) groups is 1. The Kier molecular flexibility index (Phi) is 5.10. The van der Waals surface area contributed by atoms with E-state index in [1.165, 1.54) is 6.07 Å². The molecule has 0 aliphatic carbocycles. The monoisotopic (exact) mass is 306 g/mol. The average molecular weight is 306 g/mol. The molecular formula is C15H22N4O3. The van der Waals surface area contributed by atoms with Crippen molar-refractivity contribution in [2.75, 3.05) is 13.1 Å². The van der Waals surface area contributed by atoms with Crippen molar-refractivity contribution >= 4 is 11.6 Å². The van der Waals surface area contributed by atoms with Crippen LogP contribution in [-0.2, 0) is 6.54 Å². The lowest BCUT2D eigenvalue weighted by Crippen LogP contribution is -2.39. The van der Waals surface area contributed by atoms with Gasteiger partial charge in [0, 0.05) is 29.8 Å². The lowest BCUT2D eigenvalue weighted by molar-refractivity contribution is -0.385. The number of rotatable bonds is 5. The second-order valence-electron chi connectivity index (χ2n) is 5.94. The van der Waals surface area contributed by atoms with Gasteiger partial charge in [0.25, 0.3) is 5.69 Å². The van der Waals surface area contributed by atoms with Crippen molar-refractivity contribution in [1.29, 1.82) is 0 Å². The second-order valence-corrected chi connectivity index (χ2v) is 5.94. The number of nitro benzene ring substituents is 1. The van der Waals surface area contributed by atoms with Gasteiger partial charge in [0.05, 0.1) is 4.92 Å². The highest BCUT2D eigenvalue weighted by atomic mass is 16.6. The van der Waals surface area contributed by atoms with Crippen molar-refractivity contribution in [2.45, 2.75) is 32.4 Å². The van der Waals surface area contributed by atoms with E-state index in [2.05, 4.69) is 4.90 Å². The molecule has 22 heavy (non-hydrogen) atoms. The summed E-state index contributed by atoms with van der Waals surface area (Å²) in [5, 5.41) is 11.2. The third-order valence-corrected chi connectivity index (χ3v) is 4.34. The Morgan fingerprint density at radius 1 is 1.45 bits per heavy atom. The Balaban J connectivity index is 2.10. The summed E-state index contributed by atoms with van der Waals surface area (Å²) in [5.41, 5.74) is 11.8. The molecular weight excluding hydrogens is 284 g/mol. The molecule has 2 rings (SSSR count). The fraction of sp³-hybridized carbons (Fsp3) is 0.533. The van der Waals surface area contributed by atoms with Gasteiger partial charge in [-0.1, -0.05) is 6.07 Å². The number of nitro groups is 1. The molecule has 1 unspecified atom stereocenters. The third kappa shape index (κ3) is 3.80. The summed E-state index contributed by atoms with van der Waals surface area (Å²) >= 11 is 0. The van der Waals surface area contributed by atoms with Crippen LogP contribution in [0.25, 0.3) is 0 Å². The van der Waals surface area contributed by atoms with Crippen LogP contribution in [0.2, 0.25) is 0 Å². The highest BCUT2D eigenvalue weighted by Crippen LogP contribution is 2.25. The van der Waals surface area contributed by atoms with Gasteiger partial charge in [-0.15, -0.1) is 0 Å². The smallest absolute Gasteiger partial charge is 0.274 e. The zero-order chi connectivity index (χ0) is 16.3. The van der Waals surface area contributed by atoms with Gasteiger partial charge < -0.3 is 11.5 Å². The van der Waals surface area contributed by atoms with Crippen molar-refractivity contribution < 1.29 is 9.72 Å². The quantitative estimate of drug-likeness (QED) is 0.627. The van der Waals surface area contributed by atoms with Crippen LogP contribution >= 0.6 is 0 Å². The summed E-state index contributed by atoms with van der Waals surface area (Å²) in [6.45, 7) is 4.27. The lowest BCUT2D eigenvalue weighted by atomic mass is 9.90. The highest BCUT2D eigenvalue weighted by molar-refractivity contribution is 5.93. The number of hydrogen-bond donors (Lipinski definition) is 2. The molecule has 1 aromatic carbocycles. The SMILES string of the molecule is CC(N)C1CCN(Cc2ccc(C(N)=O)cc2[N+](=O)[O-])CC1. The van der Waals surface area contributed by atoms with Gasteiger partial charge in [-0.05, 0) is 44.8 Å². The minimum atomic E-state index is -0.660. The molecule has 1 aliphatic heterocycles. The summed E-state index contributed by atoms with van der Waals surface area (Å²) in [6, 6.07) is 4.60. The summed E-state index contributed by atoms with van der Waals surface area (Å²) in [7, 11) is 0. The molecule has 7 nitrogen and oxygen atoms in total. The first kappa shape index (κ1) is 16.4. The predicted molar refractivity (Wildman–Crippen MR) is 83.3 cm³/mol. The zero-order valence-corrected chi connectivity index (χ0v) is 12.7. The molecule has 0 radical (unpaired) electrons. The van der Waals surface area contributed by atoms with E-state index in [0.717, 1.165) is 25.9 Å². The maximum absolute atomic E-state index is 11.2. The Labute approximate surface area is 129 Å². The van der Waals surface area contributed by atoms with Gasteiger partial charge in [0.1, 0.15) is 0 Å². The topological polar surface area (TPSA) is 115 Å². The average Bonchev–Trinajstić information content (AvgIpc) is 2.47.